The van der Waals surface area contributed by atoms with Gasteiger partial charge in [-0.15, -0.1) is 0 Å². The summed E-state index contributed by atoms with van der Waals surface area (Å²) in [6.45, 7) is 0.571. The van der Waals surface area contributed by atoms with Crippen LogP contribution in [0, 0.1) is 10.1 Å². The molecule has 1 fully saturated rings. The van der Waals surface area contributed by atoms with E-state index < -0.39 is 17.1 Å². The molecule has 1 aromatic carbocycles. The van der Waals surface area contributed by atoms with Crippen molar-refractivity contribution in [3.63, 3.8) is 0 Å². The number of nitro groups is 1. The lowest BCUT2D eigenvalue weighted by atomic mass is 10.2. The van der Waals surface area contributed by atoms with E-state index in [0.717, 1.165) is 18.9 Å². The van der Waals surface area contributed by atoms with Gasteiger partial charge in [-0.2, -0.15) is 0 Å². The molecule has 0 radical (unpaired) electrons. The van der Waals surface area contributed by atoms with E-state index in [2.05, 4.69) is 5.48 Å². The van der Waals surface area contributed by atoms with Crippen LogP contribution in [0.3, 0.4) is 0 Å². The summed E-state index contributed by atoms with van der Waals surface area (Å²) in [5.41, 5.74) is 1.68. The Balaban J connectivity index is 2.03. The predicted molar refractivity (Wildman–Crippen MR) is 70.2 cm³/mol. The first kappa shape index (κ1) is 14.7. The van der Waals surface area contributed by atoms with Crippen LogP contribution in [0.4, 0.5) is 5.69 Å². The number of rotatable bonds is 4. The molecule has 0 aliphatic carbocycles. The second-order valence-electron chi connectivity index (χ2n) is 4.26. The number of carbonyl (C=O) groups excluding carboxylic acids is 1. The van der Waals surface area contributed by atoms with Gasteiger partial charge in [0.1, 0.15) is 5.56 Å². The van der Waals surface area contributed by atoms with E-state index in [1.807, 2.05) is 0 Å². The first-order chi connectivity index (χ1) is 9.58. The maximum Gasteiger partial charge on any atom is 0.283 e. The molecule has 0 saturated carbocycles. The van der Waals surface area contributed by atoms with Crippen LogP contribution in [0.2, 0.25) is 5.02 Å². The smallest absolute Gasteiger partial charge is 0.283 e. The number of nitrogens with one attached hydrogen (secondary N) is 1. The van der Waals surface area contributed by atoms with Crippen molar-refractivity contribution < 1.29 is 19.3 Å². The monoisotopic (exact) mass is 300 g/mol. The van der Waals surface area contributed by atoms with Gasteiger partial charge in [0.2, 0.25) is 0 Å². The summed E-state index contributed by atoms with van der Waals surface area (Å²) >= 11 is 5.68. The second-order valence-corrected chi connectivity index (χ2v) is 4.70. The quantitative estimate of drug-likeness (QED) is 0.681. The van der Waals surface area contributed by atoms with Crippen molar-refractivity contribution in [3.05, 3.63) is 38.9 Å². The second kappa shape index (κ2) is 6.65. The first-order valence-electron chi connectivity index (χ1n) is 6.09. The van der Waals surface area contributed by atoms with Crippen molar-refractivity contribution in [2.24, 2.45) is 0 Å². The number of hydroxylamine groups is 1. The number of ether oxygens (including phenoxy) is 1. The number of amides is 1. The SMILES string of the molecule is O=C(NOC1CCCCO1)c1ccc(Cl)cc1[N+](=O)[O-]. The number of benzene rings is 1. The molecule has 1 unspecified atom stereocenters. The van der Waals surface area contributed by atoms with E-state index in [4.69, 9.17) is 21.2 Å². The summed E-state index contributed by atoms with van der Waals surface area (Å²) in [7, 11) is 0. The standard InChI is InChI=1S/C12H13ClN2O5/c13-8-4-5-9(10(7-8)15(17)18)12(16)14-20-11-3-1-2-6-19-11/h4-5,7,11H,1-3,6H2,(H,14,16). The van der Waals surface area contributed by atoms with E-state index in [1.54, 1.807) is 0 Å². The van der Waals surface area contributed by atoms with Crippen LogP contribution >= 0.6 is 11.6 Å². The average Bonchev–Trinajstić information content (AvgIpc) is 2.45. The Morgan fingerprint density at radius 2 is 2.30 bits per heavy atom. The van der Waals surface area contributed by atoms with Crippen LogP contribution in [0.1, 0.15) is 29.6 Å². The van der Waals surface area contributed by atoms with Gasteiger partial charge >= 0.3 is 0 Å². The maximum absolute atomic E-state index is 11.9. The molecule has 1 heterocycles. The third-order valence-corrected chi connectivity index (χ3v) is 3.06. The van der Waals surface area contributed by atoms with Crippen LogP contribution in [-0.2, 0) is 9.57 Å². The molecule has 0 bridgehead atoms. The van der Waals surface area contributed by atoms with Crippen molar-refractivity contribution in [3.8, 4) is 0 Å². The number of nitro benzene ring substituents is 1. The fraction of sp³-hybridized carbons (Fsp3) is 0.417. The summed E-state index contributed by atoms with van der Waals surface area (Å²) in [6, 6.07) is 3.80. The summed E-state index contributed by atoms with van der Waals surface area (Å²) in [5, 5.41) is 11.1. The third-order valence-electron chi connectivity index (χ3n) is 2.82. The number of nitrogens with zero attached hydrogens (tertiary/aromatic N) is 1. The molecule has 20 heavy (non-hydrogen) atoms. The molecule has 7 nitrogen and oxygen atoms in total. The molecule has 1 aromatic rings. The summed E-state index contributed by atoms with van der Waals surface area (Å²) < 4.78 is 5.27. The van der Waals surface area contributed by atoms with Crippen LogP contribution in [0.5, 0.6) is 0 Å². The van der Waals surface area contributed by atoms with Crippen molar-refractivity contribution in [1.82, 2.24) is 5.48 Å². The van der Waals surface area contributed by atoms with Crippen LogP contribution in [0.25, 0.3) is 0 Å². The lowest BCUT2D eigenvalue weighted by Gasteiger charge is -2.22. The highest BCUT2D eigenvalue weighted by atomic mass is 35.5. The number of carbonyl (C=O) groups is 1. The molecule has 1 N–H and O–H groups in total. The molecular formula is C12H13ClN2O5. The minimum atomic E-state index is -0.706. The molecule has 1 atom stereocenters. The van der Waals surface area contributed by atoms with Crippen molar-refractivity contribution >= 4 is 23.2 Å². The van der Waals surface area contributed by atoms with Gasteiger partial charge in [0.15, 0.2) is 6.29 Å². The van der Waals surface area contributed by atoms with E-state index in [1.165, 1.54) is 12.1 Å². The summed E-state index contributed by atoms with van der Waals surface area (Å²) in [5.74, 6) is -0.706. The zero-order chi connectivity index (χ0) is 14.5. The minimum Gasteiger partial charge on any atom is -0.350 e. The Kier molecular flexibility index (Phi) is 4.89. The number of hydrogen-bond acceptors (Lipinski definition) is 5. The Labute approximate surface area is 119 Å². The largest absolute Gasteiger partial charge is 0.350 e. The normalized spacial score (nSPS) is 18.6. The minimum absolute atomic E-state index is 0.116. The van der Waals surface area contributed by atoms with Gasteiger partial charge in [0, 0.05) is 24.1 Å². The lowest BCUT2D eigenvalue weighted by Crippen LogP contribution is -2.33. The molecular weight excluding hydrogens is 288 g/mol. The van der Waals surface area contributed by atoms with Crippen molar-refractivity contribution in [2.75, 3.05) is 6.61 Å². The fourth-order valence-electron chi connectivity index (χ4n) is 1.83. The molecule has 8 heteroatoms. The summed E-state index contributed by atoms with van der Waals surface area (Å²) in [4.78, 5) is 27.2. The molecule has 2 rings (SSSR count). The topological polar surface area (TPSA) is 90.7 Å². The highest BCUT2D eigenvalue weighted by Crippen LogP contribution is 2.23. The Morgan fingerprint density at radius 1 is 1.50 bits per heavy atom. The first-order valence-corrected chi connectivity index (χ1v) is 6.47. The Bertz CT molecular complexity index is 517. The van der Waals surface area contributed by atoms with Crippen molar-refractivity contribution in [2.45, 2.75) is 25.6 Å². The highest BCUT2D eigenvalue weighted by Gasteiger charge is 2.22. The molecule has 108 valence electrons. The van der Waals surface area contributed by atoms with E-state index in [-0.39, 0.29) is 16.3 Å². The average molecular weight is 301 g/mol. The summed E-state index contributed by atoms with van der Waals surface area (Å²) in [6.07, 6.45) is 2.06. The van der Waals surface area contributed by atoms with Crippen LogP contribution in [0.15, 0.2) is 18.2 Å². The van der Waals surface area contributed by atoms with Crippen molar-refractivity contribution in [1.29, 1.82) is 0 Å². The van der Waals surface area contributed by atoms with E-state index in [0.29, 0.717) is 13.0 Å². The Hall–Kier alpha value is -1.70. The van der Waals surface area contributed by atoms with Gasteiger partial charge in [-0.05, 0) is 25.0 Å². The molecule has 1 saturated heterocycles. The van der Waals surface area contributed by atoms with Gasteiger partial charge in [-0.1, -0.05) is 11.6 Å². The van der Waals surface area contributed by atoms with E-state index >= 15 is 0 Å². The lowest BCUT2D eigenvalue weighted by molar-refractivity contribution is -0.385. The van der Waals surface area contributed by atoms with Gasteiger partial charge in [-0.25, -0.2) is 10.3 Å². The number of halogens is 1. The van der Waals surface area contributed by atoms with Gasteiger partial charge in [-0.3, -0.25) is 14.9 Å². The molecule has 0 aromatic heterocycles. The maximum atomic E-state index is 11.9. The van der Waals surface area contributed by atoms with Crippen LogP contribution in [-0.4, -0.2) is 23.7 Å². The zero-order valence-corrected chi connectivity index (χ0v) is 11.3. The Morgan fingerprint density at radius 3 is 2.95 bits per heavy atom. The fourth-order valence-corrected chi connectivity index (χ4v) is 1.99. The number of hydrogen-bond donors (Lipinski definition) is 1. The van der Waals surface area contributed by atoms with Gasteiger partial charge in [0.05, 0.1) is 4.92 Å². The molecule has 0 spiro atoms. The zero-order valence-electron chi connectivity index (χ0n) is 10.5. The molecule has 1 amide bonds. The van der Waals surface area contributed by atoms with Gasteiger partial charge < -0.3 is 4.74 Å². The third kappa shape index (κ3) is 3.66. The predicted octanol–water partition coefficient (Wildman–Crippen LogP) is 2.44. The van der Waals surface area contributed by atoms with E-state index in [9.17, 15) is 14.9 Å². The van der Waals surface area contributed by atoms with Crippen LogP contribution < -0.4 is 5.48 Å². The highest BCUT2D eigenvalue weighted by molar-refractivity contribution is 6.31. The molecule has 1 aliphatic heterocycles. The van der Waals surface area contributed by atoms with Gasteiger partial charge in [0.25, 0.3) is 11.6 Å². The molecule has 1 aliphatic rings.